The molecule has 9 nitrogen and oxygen atoms in total. The summed E-state index contributed by atoms with van der Waals surface area (Å²) in [5.41, 5.74) is 31.7. The van der Waals surface area contributed by atoms with Crippen LogP contribution in [0, 0.1) is 0 Å². The van der Waals surface area contributed by atoms with Crippen LogP contribution in [0.25, 0.3) is 259 Å². The molecular formula is C120H73N5O4. The van der Waals surface area contributed by atoms with Crippen molar-refractivity contribution in [3.63, 3.8) is 0 Å². The van der Waals surface area contributed by atoms with Crippen molar-refractivity contribution >= 4 is 197 Å². The Balaban J connectivity index is 0.000000100. The second-order valence-electron chi connectivity index (χ2n) is 33.7. The molecule has 0 spiro atoms. The van der Waals surface area contributed by atoms with Crippen molar-refractivity contribution in [1.29, 1.82) is 0 Å². The zero-order chi connectivity index (χ0) is 84.5. The molecule has 20 aromatic carbocycles. The summed E-state index contributed by atoms with van der Waals surface area (Å²) in [6.07, 6.45) is 0. The van der Waals surface area contributed by atoms with Gasteiger partial charge in [-0.2, -0.15) is 0 Å². The summed E-state index contributed by atoms with van der Waals surface area (Å²) in [5.74, 6) is 0. The van der Waals surface area contributed by atoms with Gasteiger partial charge >= 0.3 is 0 Å². The van der Waals surface area contributed by atoms with Crippen molar-refractivity contribution < 1.29 is 17.7 Å². The maximum Gasteiger partial charge on any atom is 0.143 e. The van der Waals surface area contributed by atoms with Crippen LogP contribution in [0.2, 0.25) is 0 Å². The molecule has 0 aliphatic heterocycles. The minimum atomic E-state index is 0.901. The lowest BCUT2D eigenvalue weighted by Gasteiger charge is -2.11. The van der Waals surface area contributed by atoms with E-state index in [1.807, 2.05) is 36.4 Å². The number of benzene rings is 20. The fourth-order valence-electron chi connectivity index (χ4n) is 20.8. The van der Waals surface area contributed by atoms with Crippen LogP contribution in [0.4, 0.5) is 0 Å². The first-order valence-corrected chi connectivity index (χ1v) is 43.9. The van der Waals surface area contributed by atoms with E-state index in [1.165, 1.54) is 115 Å². The fourth-order valence-corrected chi connectivity index (χ4v) is 20.8. The lowest BCUT2D eigenvalue weighted by Crippen LogP contribution is -1.96. The molecule has 0 fully saturated rings. The van der Waals surface area contributed by atoms with Gasteiger partial charge in [0.1, 0.15) is 44.7 Å². The van der Waals surface area contributed by atoms with Gasteiger partial charge in [0, 0.05) is 149 Å². The number of para-hydroxylation sites is 10. The highest BCUT2D eigenvalue weighted by Crippen LogP contribution is 2.47. The van der Waals surface area contributed by atoms with Crippen LogP contribution in [0.15, 0.2) is 461 Å². The highest BCUT2D eigenvalue weighted by Gasteiger charge is 2.25. The minimum absolute atomic E-state index is 0.901. The molecule has 9 aromatic heterocycles. The van der Waals surface area contributed by atoms with Crippen molar-refractivity contribution in [3.05, 3.63) is 443 Å². The number of rotatable bonds is 8. The summed E-state index contributed by atoms with van der Waals surface area (Å²) in [7, 11) is 0. The van der Waals surface area contributed by atoms with Crippen LogP contribution in [0.1, 0.15) is 0 Å². The van der Waals surface area contributed by atoms with Crippen molar-refractivity contribution in [2.45, 2.75) is 0 Å². The maximum atomic E-state index is 6.40. The quantitative estimate of drug-likeness (QED) is 0.152. The van der Waals surface area contributed by atoms with Crippen LogP contribution in [-0.4, -0.2) is 22.8 Å². The molecule has 0 saturated carbocycles. The largest absolute Gasteiger partial charge is 0.456 e. The first-order chi connectivity index (χ1) is 64.0. The van der Waals surface area contributed by atoms with Gasteiger partial charge in [-0.1, -0.05) is 273 Å². The Kier molecular flexibility index (Phi) is 16.0. The smallest absolute Gasteiger partial charge is 0.143 e. The Morgan fingerprint density at radius 2 is 0.411 bits per heavy atom. The van der Waals surface area contributed by atoms with Gasteiger partial charge in [0.25, 0.3) is 0 Å². The third-order valence-corrected chi connectivity index (χ3v) is 26.6. The van der Waals surface area contributed by atoms with E-state index in [9.17, 15) is 0 Å². The summed E-state index contributed by atoms with van der Waals surface area (Å²) in [6, 6.07) is 158. The third kappa shape index (κ3) is 11.3. The van der Waals surface area contributed by atoms with Gasteiger partial charge in [0.15, 0.2) is 0 Å². The Bertz CT molecular complexity index is 9620. The van der Waals surface area contributed by atoms with Gasteiger partial charge in [0.05, 0.1) is 55.2 Å². The lowest BCUT2D eigenvalue weighted by molar-refractivity contribution is 0.669. The summed E-state index contributed by atoms with van der Waals surface area (Å²) < 4.78 is 37.3. The SMILES string of the molecule is c1ccc(-c2ccc3c(c2)c2cc4c(cc2n3-c2ccc3c(c2)c2ccccc2n3-c2ccccc2)oc2ccccc24)cc1.c1ccc(-c2ccc3c4cc5c(cc4n(-c4ccc6c(c4)c4ccccc4n6-c4ccccc4)c3c2)oc2ccccc25)cc1.c1ccc2c(c1)oc1cc3c(cc12)c1ccccc1n3-c1ccc(-c2cccc3c2oc2ccccc23)cc1. The van der Waals surface area contributed by atoms with Crippen LogP contribution < -0.4 is 0 Å². The molecule has 0 radical (unpaired) electrons. The van der Waals surface area contributed by atoms with E-state index < -0.39 is 0 Å². The molecule has 0 N–H and O–H groups in total. The zero-order valence-electron chi connectivity index (χ0n) is 69.5. The zero-order valence-corrected chi connectivity index (χ0v) is 69.5. The number of nitrogens with zero attached hydrogens (tertiary/aromatic N) is 5. The average molecular weight is 1650 g/mol. The van der Waals surface area contributed by atoms with Crippen molar-refractivity contribution in [1.82, 2.24) is 22.8 Å². The Morgan fingerprint density at radius 3 is 0.876 bits per heavy atom. The average Bonchev–Trinajstić information content (AvgIpc) is 1.56. The van der Waals surface area contributed by atoms with Gasteiger partial charge in [0.2, 0.25) is 0 Å². The molecule has 0 saturated heterocycles. The standard InChI is InChI=1S/2C42H26N2O.C36H21NO2/c1-3-11-27(12-4-1)28-19-21-32-35-25-36-33-16-8-10-18-41(33)45-42(36)26-40(35)44(39(32)23-28)30-20-22-38-34(24-30)31-15-7-9-17-37(31)43(38)29-13-5-2-6-14-29;1-3-11-27(12-4-1)28-19-21-38-33(23-28)35-25-36-32-16-8-10-18-41(32)45-42(36)26-40(35)44(38)30-20-22-39-34(24-30)31-15-7-9-17-37(31)43(39)29-13-5-2-6-14-29;1-4-13-31-25(8-1)29-20-30-27-10-3-5-14-33(27)38-35(30)21-32(29)37(31)23-18-16-22(17-19-23)24-11-7-12-28-26-9-2-6-15-34(26)39-36(24)28/h2*1-26H;1-21H. The van der Waals surface area contributed by atoms with E-state index in [2.05, 4.69) is 429 Å². The Hall–Kier alpha value is -17.4. The third-order valence-electron chi connectivity index (χ3n) is 26.6. The molecule has 0 aliphatic carbocycles. The summed E-state index contributed by atoms with van der Waals surface area (Å²) in [4.78, 5) is 0. The molecule has 0 bridgehead atoms. The fraction of sp³-hybridized carbons (Fsp3) is 0. The van der Waals surface area contributed by atoms with E-state index in [1.54, 1.807) is 0 Å². The summed E-state index contributed by atoms with van der Waals surface area (Å²) >= 11 is 0. The molecule has 0 unspecified atom stereocenters. The van der Waals surface area contributed by atoms with Crippen molar-refractivity contribution in [2.24, 2.45) is 0 Å². The second-order valence-corrected chi connectivity index (χ2v) is 33.7. The van der Waals surface area contributed by atoms with Gasteiger partial charge in [-0.15, -0.1) is 0 Å². The first-order valence-electron chi connectivity index (χ1n) is 43.9. The predicted molar refractivity (Wildman–Crippen MR) is 536 cm³/mol. The number of furan rings is 4. The van der Waals surface area contributed by atoms with Crippen LogP contribution in [-0.2, 0) is 0 Å². The molecule has 29 rings (SSSR count). The van der Waals surface area contributed by atoms with E-state index in [0.717, 1.165) is 144 Å². The predicted octanol–water partition coefficient (Wildman–Crippen LogP) is 33.1. The molecule has 0 amide bonds. The number of aromatic nitrogens is 5. The maximum absolute atomic E-state index is 6.40. The first kappa shape index (κ1) is 72.1. The lowest BCUT2D eigenvalue weighted by atomic mass is 10.0. The number of hydrogen-bond acceptors (Lipinski definition) is 4. The normalized spacial score (nSPS) is 12.0. The van der Waals surface area contributed by atoms with Crippen molar-refractivity contribution in [3.8, 4) is 61.8 Å². The number of hydrogen-bond donors (Lipinski definition) is 0. The van der Waals surface area contributed by atoms with Crippen LogP contribution in [0.5, 0.6) is 0 Å². The van der Waals surface area contributed by atoms with Crippen molar-refractivity contribution in [2.75, 3.05) is 0 Å². The van der Waals surface area contributed by atoms with Gasteiger partial charge in [-0.25, -0.2) is 0 Å². The second kappa shape index (κ2) is 28.6. The molecule has 0 atom stereocenters. The van der Waals surface area contributed by atoms with Gasteiger partial charge in [-0.3, -0.25) is 0 Å². The Labute approximate surface area is 737 Å². The van der Waals surface area contributed by atoms with Gasteiger partial charge < -0.3 is 40.5 Å². The molecule has 9 heteroatoms. The van der Waals surface area contributed by atoms with Gasteiger partial charge in [-0.05, 0) is 179 Å². The minimum Gasteiger partial charge on any atom is -0.456 e. The monoisotopic (exact) mass is 1650 g/mol. The molecular weight excluding hydrogens is 1580 g/mol. The Morgan fingerprint density at radius 1 is 0.124 bits per heavy atom. The molecule has 602 valence electrons. The topological polar surface area (TPSA) is 77.2 Å². The van der Waals surface area contributed by atoms with E-state index >= 15 is 0 Å². The number of fused-ring (bicyclic) bond motifs is 27. The van der Waals surface area contributed by atoms with E-state index in [-0.39, 0.29) is 0 Å². The summed E-state index contributed by atoms with van der Waals surface area (Å²) in [5, 5.41) is 21.4. The van der Waals surface area contributed by atoms with E-state index in [4.69, 9.17) is 17.7 Å². The molecule has 129 heavy (non-hydrogen) atoms. The van der Waals surface area contributed by atoms with E-state index in [0.29, 0.717) is 0 Å². The van der Waals surface area contributed by atoms with Crippen LogP contribution in [0.3, 0.4) is 0 Å². The van der Waals surface area contributed by atoms with Crippen LogP contribution >= 0.6 is 0 Å². The highest BCUT2D eigenvalue weighted by atomic mass is 16.3. The molecule has 29 aromatic rings. The molecule has 9 heterocycles. The summed E-state index contributed by atoms with van der Waals surface area (Å²) in [6.45, 7) is 0. The molecule has 0 aliphatic rings. The highest BCUT2D eigenvalue weighted by molar-refractivity contribution is 6.23.